The van der Waals surface area contributed by atoms with Crippen molar-refractivity contribution in [1.29, 1.82) is 0 Å². The molecule has 0 saturated carbocycles. The Morgan fingerprint density at radius 2 is 1.73 bits per heavy atom. The normalized spacial score (nSPS) is 11.3. The summed E-state index contributed by atoms with van der Waals surface area (Å²) in [5.74, 6) is 0.298. The molecule has 0 atom stereocenters. The number of halogens is 1. The molecule has 0 fully saturated rings. The molecule has 5 aromatic rings. The van der Waals surface area contributed by atoms with E-state index in [0.29, 0.717) is 27.5 Å². The standard InChI is InChI=1S/C23H19ClN6O3/c1-13-20(14-4-6-15(24)7-5-14)22-26-25-21-18(12-19(31)33-3)28-29(23(21)30(22)27-13)16-8-10-17(32-2)11-9-16/h4-11H,12H2,1-3H3. The quantitative estimate of drug-likeness (QED) is 0.366. The van der Waals surface area contributed by atoms with Gasteiger partial charge in [-0.3, -0.25) is 4.79 Å². The van der Waals surface area contributed by atoms with Crippen molar-refractivity contribution in [3.8, 4) is 22.6 Å². The van der Waals surface area contributed by atoms with Crippen LogP contribution >= 0.6 is 11.6 Å². The molecule has 9 nitrogen and oxygen atoms in total. The van der Waals surface area contributed by atoms with Gasteiger partial charge in [-0.15, -0.1) is 10.2 Å². The molecule has 5 rings (SSSR count). The SMILES string of the molecule is COC(=O)Cc1nn(-c2ccc(OC)cc2)c2c1nnc1c(-c3ccc(Cl)cc3)c(C)nn12. The maximum absolute atomic E-state index is 12.0. The number of carbonyl (C=O) groups excluding carboxylic acids is 1. The summed E-state index contributed by atoms with van der Waals surface area (Å²) in [6, 6.07) is 14.9. The zero-order chi connectivity index (χ0) is 23.1. The number of aromatic nitrogens is 6. The van der Waals surface area contributed by atoms with E-state index in [1.165, 1.54) is 7.11 Å². The van der Waals surface area contributed by atoms with Gasteiger partial charge in [-0.25, -0.2) is 4.68 Å². The zero-order valence-corrected chi connectivity index (χ0v) is 18.9. The molecule has 0 unspecified atom stereocenters. The molecular formula is C23H19ClN6O3. The minimum atomic E-state index is -0.420. The highest BCUT2D eigenvalue weighted by Gasteiger charge is 2.23. The molecule has 3 heterocycles. The third-order valence-electron chi connectivity index (χ3n) is 5.38. The first-order chi connectivity index (χ1) is 16.0. The Morgan fingerprint density at radius 1 is 1.00 bits per heavy atom. The molecule has 2 aromatic carbocycles. The summed E-state index contributed by atoms with van der Waals surface area (Å²) in [4.78, 5) is 12.0. The summed E-state index contributed by atoms with van der Waals surface area (Å²) >= 11 is 6.07. The second-order valence-electron chi connectivity index (χ2n) is 7.38. The first-order valence-corrected chi connectivity index (χ1v) is 10.5. The molecule has 0 amide bonds. The predicted molar refractivity (Wildman–Crippen MR) is 123 cm³/mol. The molecule has 0 N–H and O–H groups in total. The van der Waals surface area contributed by atoms with E-state index in [0.717, 1.165) is 28.3 Å². The fourth-order valence-electron chi connectivity index (χ4n) is 3.78. The van der Waals surface area contributed by atoms with Gasteiger partial charge in [0.15, 0.2) is 16.8 Å². The van der Waals surface area contributed by atoms with Crippen LogP contribution < -0.4 is 4.74 Å². The number of methoxy groups -OCH3 is 2. The second-order valence-corrected chi connectivity index (χ2v) is 7.82. The number of carbonyl (C=O) groups is 1. The van der Waals surface area contributed by atoms with Crippen molar-refractivity contribution < 1.29 is 14.3 Å². The Kier molecular flexibility index (Phi) is 5.18. The van der Waals surface area contributed by atoms with E-state index >= 15 is 0 Å². The van der Waals surface area contributed by atoms with E-state index in [9.17, 15) is 4.79 Å². The molecule has 0 aliphatic heterocycles. The molecule has 3 aromatic heterocycles. The van der Waals surface area contributed by atoms with Crippen LogP contribution in [0.3, 0.4) is 0 Å². The Balaban J connectivity index is 1.79. The van der Waals surface area contributed by atoms with Crippen molar-refractivity contribution in [2.45, 2.75) is 13.3 Å². The average Bonchev–Trinajstić information content (AvgIpc) is 3.36. The van der Waals surface area contributed by atoms with Gasteiger partial charge in [0, 0.05) is 5.02 Å². The summed E-state index contributed by atoms with van der Waals surface area (Å²) in [6.07, 6.45) is -0.0410. The van der Waals surface area contributed by atoms with E-state index in [1.54, 1.807) is 16.3 Å². The minimum Gasteiger partial charge on any atom is -0.497 e. The van der Waals surface area contributed by atoms with Crippen LogP contribution in [0.15, 0.2) is 48.5 Å². The van der Waals surface area contributed by atoms with Crippen LogP contribution in [0.1, 0.15) is 11.4 Å². The van der Waals surface area contributed by atoms with Crippen LogP contribution in [0.2, 0.25) is 5.02 Å². The van der Waals surface area contributed by atoms with Crippen molar-refractivity contribution in [3.05, 3.63) is 64.9 Å². The van der Waals surface area contributed by atoms with E-state index in [-0.39, 0.29) is 6.42 Å². The largest absolute Gasteiger partial charge is 0.497 e. The number of aryl methyl sites for hydroxylation is 1. The molecular weight excluding hydrogens is 444 g/mol. The Morgan fingerprint density at radius 3 is 2.39 bits per heavy atom. The summed E-state index contributed by atoms with van der Waals surface area (Å²) < 4.78 is 13.5. The highest BCUT2D eigenvalue weighted by Crippen LogP contribution is 2.31. The van der Waals surface area contributed by atoms with Gasteiger partial charge in [0.2, 0.25) is 0 Å². The third-order valence-corrected chi connectivity index (χ3v) is 5.63. The van der Waals surface area contributed by atoms with Gasteiger partial charge in [-0.05, 0) is 48.9 Å². The fraction of sp³-hybridized carbons (Fsp3) is 0.174. The fourth-order valence-corrected chi connectivity index (χ4v) is 3.90. The van der Waals surface area contributed by atoms with Crippen LogP contribution in [-0.2, 0) is 16.0 Å². The zero-order valence-electron chi connectivity index (χ0n) is 18.1. The van der Waals surface area contributed by atoms with Crippen LogP contribution in [0.4, 0.5) is 0 Å². The lowest BCUT2D eigenvalue weighted by Crippen LogP contribution is -2.06. The number of esters is 1. The Hall–Kier alpha value is -3.98. The molecule has 0 aliphatic rings. The smallest absolute Gasteiger partial charge is 0.311 e. The number of hydrogen-bond donors (Lipinski definition) is 0. The number of nitrogens with zero attached hydrogens (tertiary/aromatic N) is 6. The topological polar surface area (TPSA) is 96.4 Å². The third kappa shape index (κ3) is 3.56. The monoisotopic (exact) mass is 462 g/mol. The predicted octanol–water partition coefficient (Wildman–Crippen LogP) is 3.82. The lowest BCUT2D eigenvalue weighted by atomic mass is 10.1. The lowest BCUT2D eigenvalue weighted by molar-refractivity contribution is -0.139. The van der Waals surface area contributed by atoms with Crippen molar-refractivity contribution in [2.75, 3.05) is 14.2 Å². The molecule has 0 aliphatic carbocycles. The first kappa shape index (κ1) is 20.9. The molecule has 0 bridgehead atoms. The van der Waals surface area contributed by atoms with Gasteiger partial charge in [0.25, 0.3) is 0 Å². The van der Waals surface area contributed by atoms with Gasteiger partial charge in [0.05, 0.1) is 37.6 Å². The van der Waals surface area contributed by atoms with Crippen molar-refractivity contribution in [2.24, 2.45) is 0 Å². The van der Waals surface area contributed by atoms with Crippen molar-refractivity contribution in [3.63, 3.8) is 0 Å². The molecule has 166 valence electrons. The van der Waals surface area contributed by atoms with Gasteiger partial charge in [-0.1, -0.05) is 23.7 Å². The first-order valence-electron chi connectivity index (χ1n) is 10.1. The molecule has 0 saturated heterocycles. The van der Waals surface area contributed by atoms with E-state index in [1.807, 2.05) is 55.5 Å². The van der Waals surface area contributed by atoms with Crippen molar-refractivity contribution in [1.82, 2.24) is 29.6 Å². The molecule has 0 radical (unpaired) electrons. The maximum atomic E-state index is 12.0. The summed E-state index contributed by atoms with van der Waals surface area (Å²) in [6.45, 7) is 1.91. The number of benzene rings is 2. The number of fused-ring (bicyclic) bond motifs is 3. The number of hydrogen-bond acceptors (Lipinski definition) is 7. The highest BCUT2D eigenvalue weighted by molar-refractivity contribution is 6.30. The van der Waals surface area contributed by atoms with E-state index < -0.39 is 5.97 Å². The van der Waals surface area contributed by atoms with Gasteiger partial charge in [-0.2, -0.15) is 14.7 Å². The summed E-state index contributed by atoms with van der Waals surface area (Å²) in [7, 11) is 2.95. The minimum absolute atomic E-state index is 0.0410. The number of rotatable bonds is 5. The molecule has 10 heteroatoms. The Labute approximate surface area is 193 Å². The summed E-state index contributed by atoms with van der Waals surface area (Å²) in [5, 5.41) is 19.0. The van der Waals surface area contributed by atoms with E-state index in [2.05, 4.69) is 15.3 Å². The van der Waals surface area contributed by atoms with Gasteiger partial charge >= 0.3 is 5.97 Å². The Bertz CT molecular complexity index is 1490. The maximum Gasteiger partial charge on any atom is 0.311 e. The average molecular weight is 463 g/mol. The van der Waals surface area contributed by atoms with Crippen LogP contribution in [0, 0.1) is 6.92 Å². The van der Waals surface area contributed by atoms with Gasteiger partial charge < -0.3 is 9.47 Å². The van der Waals surface area contributed by atoms with E-state index in [4.69, 9.17) is 26.2 Å². The highest BCUT2D eigenvalue weighted by atomic mass is 35.5. The molecule has 33 heavy (non-hydrogen) atoms. The second kappa shape index (κ2) is 8.18. The summed E-state index contributed by atoms with van der Waals surface area (Å²) in [5.41, 5.74) is 5.37. The molecule has 0 spiro atoms. The van der Waals surface area contributed by atoms with Gasteiger partial charge in [0.1, 0.15) is 11.4 Å². The van der Waals surface area contributed by atoms with Crippen LogP contribution in [0.5, 0.6) is 5.75 Å². The lowest BCUT2D eigenvalue weighted by Gasteiger charge is -2.06. The van der Waals surface area contributed by atoms with Crippen LogP contribution in [0.25, 0.3) is 33.6 Å². The number of ether oxygens (including phenoxy) is 2. The van der Waals surface area contributed by atoms with Crippen LogP contribution in [-0.4, -0.2) is 49.8 Å². The van der Waals surface area contributed by atoms with Crippen molar-refractivity contribution >= 4 is 34.4 Å².